The van der Waals surface area contributed by atoms with Gasteiger partial charge < -0.3 is 5.32 Å². The summed E-state index contributed by atoms with van der Waals surface area (Å²) in [5.41, 5.74) is 2.01. The monoisotopic (exact) mass is 424 g/mol. The van der Waals surface area contributed by atoms with E-state index in [2.05, 4.69) is 5.32 Å². The zero-order valence-electron chi connectivity index (χ0n) is 16.2. The number of sulfonamides is 1. The number of sulfone groups is 1. The predicted molar refractivity (Wildman–Crippen MR) is 109 cm³/mol. The highest BCUT2D eigenvalue weighted by molar-refractivity contribution is 7.92. The highest BCUT2D eigenvalue weighted by Crippen LogP contribution is 2.20. The van der Waals surface area contributed by atoms with Crippen molar-refractivity contribution in [3.8, 4) is 0 Å². The molecule has 1 amide bonds. The van der Waals surface area contributed by atoms with Gasteiger partial charge in [0.15, 0.2) is 9.84 Å². The zero-order valence-corrected chi connectivity index (χ0v) is 17.8. The molecule has 0 radical (unpaired) electrons. The Labute approximate surface area is 166 Å². The number of carbonyl (C=O) groups excluding carboxylic acids is 1. The molecular formula is C19H24N2O5S2. The number of amides is 1. The molecule has 1 atom stereocenters. The highest BCUT2D eigenvalue weighted by atomic mass is 32.2. The van der Waals surface area contributed by atoms with E-state index in [0.717, 1.165) is 22.4 Å². The average Bonchev–Trinajstić information content (AvgIpc) is 2.58. The van der Waals surface area contributed by atoms with Crippen LogP contribution in [0.25, 0.3) is 0 Å². The average molecular weight is 425 g/mol. The molecule has 2 aromatic carbocycles. The molecule has 9 heteroatoms. The smallest absolute Gasteiger partial charge is 0.241 e. The third kappa shape index (κ3) is 5.80. The molecule has 0 aromatic heterocycles. The molecule has 0 unspecified atom stereocenters. The Hall–Kier alpha value is -2.39. The maximum absolute atomic E-state index is 12.5. The molecule has 0 heterocycles. The number of aryl methyl sites for hydroxylation is 1. The summed E-state index contributed by atoms with van der Waals surface area (Å²) in [6, 6.07) is 12.7. The van der Waals surface area contributed by atoms with Crippen LogP contribution < -0.4 is 9.62 Å². The highest BCUT2D eigenvalue weighted by Gasteiger charge is 2.22. The predicted octanol–water partition coefficient (Wildman–Crippen LogP) is 2.04. The van der Waals surface area contributed by atoms with Crippen molar-refractivity contribution >= 4 is 31.5 Å². The summed E-state index contributed by atoms with van der Waals surface area (Å²) in [5, 5.41) is 2.75. The minimum Gasteiger partial charge on any atom is -0.348 e. The molecule has 0 spiro atoms. The lowest BCUT2D eigenvalue weighted by atomic mass is 10.1. The minimum atomic E-state index is -3.65. The number of carbonyl (C=O) groups is 1. The van der Waals surface area contributed by atoms with Crippen molar-refractivity contribution in [1.29, 1.82) is 0 Å². The molecule has 0 aliphatic heterocycles. The number of anilines is 1. The molecular weight excluding hydrogens is 400 g/mol. The van der Waals surface area contributed by atoms with Crippen molar-refractivity contribution < 1.29 is 21.6 Å². The number of benzene rings is 2. The van der Waals surface area contributed by atoms with Crippen molar-refractivity contribution in [3.63, 3.8) is 0 Å². The van der Waals surface area contributed by atoms with Crippen LogP contribution in [0, 0.1) is 6.92 Å². The first-order valence-electron chi connectivity index (χ1n) is 8.51. The topological polar surface area (TPSA) is 101 Å². The van der Waals surface area contributed by atoms with E-state index in [1.54, 1.807) is 37.3 Å². The summed E-state index contributed by atoms with van der Waals surface area (Å²) in [6.07, 6.45) is 2.17. The molecule has 152 valence electrons. The van der Waals surface area contributed by atoms with Crippen LogP contribution in [-0.2, 0) is 24.7 Å². The molecule has 28 heavy (non-hydrogen) atoms. The van der Waals surface area contributed by atoms with Crippen molar-refractivity contribution in [2.75, 3.05) is 23.4 Å². The summed E-state index contributed by atoms with van der Waals surface area (Å²) in [6.45, 7) is 3.23. The third-order valence-electron chi connectivity index (χ3n) is 4.16. The Morgan fingerprint density at radius 1 is 1.04 bits per heavy atom. The summed E-state index contributed by atoms with van der Waals surface area (Å²) in [5.74, 6) is -0.466. The van der Waals surface area contributed by atoms with Gasteiger partial charge in [-0.2, -0.15) is 0 Å². The maximum atomic E-state index is 12.5. The van der Waals surface area contributed by atoms with Crippen LogP contribution in [0.1, 0.15) is 24.1 Å². The second-order valence-electron chi connectivity index (χ2n) is 6.74. The van der Waals surface area contributed by atoms with E-state index in [4.69, 9.17) is 0 Å². The lowest BCUT2D eigenvalue weighted by Gasteiger charge is -2.23. The van der Waals surface area contributed by atoms with E-state index in [1.807, 2.05) is 13.0 Å². The summed E-state index contributed by atoms with van der Waals surface area (Å²) >= 11 is 0. The first-order chi connectivity index (χ1) is 12.9. The fraction of sp³-hybridized carbons (Fsp3) is 0.316. The van der Waals surface area contributed by atoms with Gasteiger partial charge in [0.05, 0.1) is 22.9 Å². The third-order valence-corrected chi connectivity index (χ3v) is 6.43. The van der Waals surface area contributed by atoms with Gasteiger partial charge >= 0.3 is 0 Å². The fourth-order valence-corrected chi connectivity index (χ4v) is 4.17. The van der Waals surface area contributed by atoms with Crippen LogP contribution in [-0.4, -0.2) is 41.8 Å². The molecule has 2 aromatic rings. The van der Waals surface area contributed by atoms with Gasteiger partial charge in [-0.05, 0) is 49.2 Å². The normalized spacial score (nSPS) is 13.0. The standard InChI is InChI=1S/C19H24N2O5S2/c1-14-6-5-7-17(12-14)21(28(4,25)26)13-19(22)20-15(2)16-8-10-18(11-9-16)27(3,23)24/h5-12,15H,13H2,1-4H3,(H,20,22)/t15-/m1/s1. The van der Waals surface area contributed by atoms with Crippen LogP contribution >= 0.6 is 0 Å². The fourth-order valence-electron chi connectivity index (χ4n) is 2.69. The SMILES string of the molecule is Cc1cccc(N(CC(=O)N[C@H](C)c2ccc(S(C)(=O)=O)cc2)S(C)(=O)=O)c1. The van der Waals surface area contributed by atoms with Gasteiger partial charge in [0.25, 0.3) is 0 Å². The largest absolute Gasteiger partial charge is 0.348 e. The molecule has 0 saturated heterocycles. The van der Waals surface area contributed by atoms with E-state index in [1.165, 1.54) is 12.1 Å². The lowest BCUT2D eigenvalue weighted by Crippen LogP contribution is -2.41. The Morgan fingerprint density at radius 3 is 2.14 bits per heavy atom. The van der Waals surface area contributed by atoms with Gasteiger partial charge in [0.2, 0.25) is 15.9 Å². The molecule has 7 nitrogen and oxygen atoms in total. The number of hydrogen-bond donors (Lipinski definition) is 1. The second kappa shape index (κ2) is 8.32. The molecule has 0 aliphatic rings. The van der Waals surface area contributed by atoms with Gasteiger partial charge in [-0.1, -0.05) is 24.3 Å². The number of nitrogens with zero attached hydrogens (tertiary/aromatic N) is 1. The zero-order chi connectivity index (χ0) is 21.1. The van der Waals surface area contributed by atoms with Crippen LogP contribution in [0.4, 0.5) is 5.69 Å². The summed E-state index contributed by atoms with van der Waals surface area (Å²) in [7, 11) is -6.94. The Bertz CT molecular complexity index is 1060. The van der Waals surface area contributed by atoms with E-state index in [0.29, 0.717) is 11.3 Å². The summed E-state index contributed by atoms with van der Waals surface area (Å²) in [4.78, 5) is 12.6. The van der Waals surface area contributed by atoms with E-state index in [9.17, 15) is 21.6 Å². The molecule has 0 bridgehead atoms. The van der Waals surface area contributed by atoms with Crippen LogP contribution in [0.2, 0.25) is 0 Å². The van der Waals surface area contributed by atoms with Gasteiger partial charge in [-0.25, -0.2) is 16.8 Å². The second-order valence-corrected chi connectivity index (χ2v) is 10.7. The van der Waals surface area contributed by atoms with Crippen LogP contribution in [0.15, 0.2) is 53.4 Å². The van der Waals surface area contributed by atoms with E-state index < -0.39 is 31.8 Å². The Kier molecular flexibility index (Phi) is 6.51. The first-order valence-corrected chi connectivity index (χ1v) is 12.3. The molecule has 0 aliphatic carbocycles. The molecule has 2 rings (SSSR count). The van der Waals surface area contributed by atoms with Gasteiger partial charge in [-0.3, -0.25) is 9.10 Å². The molecule has 0 fully saturated rings. The van der Waals surface area contributed by atoms with E-state index >= 15 is 0 Å². The maximum Gasteiger partial charge on any atom is 0.241 e. The van der Waals surface area contributed by atoms with Crippen molar-refractivity contribution in [2.24, 2.45) is 0 Å². The Balaban J connectivity index is 2.14. The van der Waals surface area contributed by atoms with Gasteiger partial charge in [0, 0.05) is 6.26 Å². The van der Waals surface area contributed by atoms with Crippen molar-refractivity contribution in [3.05, 3.63) is 59.7 Å². The quantitative estimate of drug-likeness (QED) is 0.733. The van der Waals surface area contributed by atoms with Gasteiger partial charge in [-0.15, -0.1) is 0 Å². The Morgan fingerprint density at radius 2 is 1.64 bits per heavy atom. The van der Waals surface area contributed by atoms with Crippen molar-refractivity contribution in [2.45, 2.75) is 24.8 Å². The number of rotatable bonds is 7. The minimum absolute atomic E-state index is 0.192. The molecule has 1 N–H and O–H groups in total. The summed E-state index contributed by atoms with van der Waals surface area (Å²) < 4.78 is 48.4. The van der Waals surface area contributed by atoms with Gasteiger partial charge in [0.1, 0.15) is 6.54 Å². The van der Waals surface area contributed by atoms with Crippen molar-refractivity contribution in [1.82, 2.24) is 5.32 Å². The van der Waals surface area contributed by atoms with E-state index in [-0.39, 0.29) is 11.4 Å². The first kappa shape index (κ1) is 21.9. The number of hydrogen-bond acceptors (Lipinski definition) is 5. The van der Waals surface area contributed by atoms with Crippen LogP contribution in [0.5, 0.6) is 0 Å². The lowest BCUT2D eigenvalue weighted by molar-refractivity contribution is -0.120. The number of nitrogens with one attached hydrogen (secondary N) is 1. The van der Waals surface area contributed by atoms with Crippen LogP contribution in [0.3, 0.4) is 0 Å². The molecule has 0 saturated carbocycles.